The maximum absolute atomic E-state index is 11.5. The van der Waals surface area contributed by atoms with Crippen LogP contribution in [0.1, 0.15) is 37.4 Å². The average molecular weight is 189 g/mol. The Kier molecular flexibility index (Phi) is 2.36. The summed E-state index contributed by atoms with van der Waals surface area (Å²) in [5, 5.41) is 0. The first kappa shape index (κ1) is 9.38. The lowest BCUT2D eigenvalue weighted by atomic mass is 9.79. The number of carbonyl (C=O) groups excluding carboxylic acids is 1. The predicted octanol–water partition coefficient (Wildman–Crippen LogP) is 2.34. The van der Waals surface area contributed by atoms with Crippen LogP contribution in [0.5, 0.6) is 0 Å². The van der Waals surface area contributed by atoms with E-state index in [1.54, 1.807) is 0 Å². The Morgan fingerprint density at radius 2 is 2.29 bits per heavy atom. The van der Waals surface area contributed by atoms with Gasteiger partial charge in [0.2, 0.25) is 0 Å². The third-order valence-electron chi connectivity index (χ3n) is 2.92. The summed E-state index contributed by atoms with van der Waals surface area (Å²) >= 11 is 0. The molecule has 2 nitrogen and oxygen atoms in total. The summed E-state index contributed by atoms with van der Waals surface area (Å²) in [7, 11) is 0. The molecule has 0 spiro atoms. The topological polar surface area (TPSA) is 30.0 Å². The van der Waals surface area contributed by atoms with E-state index in [2.05, 4.69) is 18.8 Å². The van der Waals surface area contributed by atoms with Gasteiger partial charge in [-0.25, -0.2) is 0 Å². The van der Waals surface area contributed by atoms with Gasteiger partial charge in [-0.05, 0) is 17.5 Å². The smallest absolute Gasteiger partial charge is 0.138 e. The molecule has 1 aliphatic rings. The zero-order valence-corrected chi connectivity index (χ0v) is 8.66. The summed E-state index contributed by atoms with van der Waals surface area (Å²) < 4.78 is 0. The van der Waals surface area contributed by atoms with E-state index < -0.39 is 0 Å². The summed E-state index contributed by atoms with van der Waals surface area (Å²) in [4.78, 5) is 15.9. The molecule has 0 N–H and O–H groups in total. The summed E-state index contributed by atoms with van der Waals surface area (Å²) in [5.41, 5.74) is 2.27. The Labute approximate surface area is 84.4 Å². The molecule has 0 amide bonds. The van der Waals surface area contributed by atoms with Crippen LogP contribution in [-0.2, 0) is 11.2 Å². The molecule has 1 atom stereocenters. The lowest BCUT2D eigenvalue weighted by Gasteiger charge is -2.26. The number of rotatable bonds is 1. The molecule has 0 saturated carbocycles. The number of carbonyl (C=O) groups is 1. The van der Waals surface area contributed by atoms with Crippen molar-refractivity contribution in [3.05, 3.63) is 29.6 Å². The molecule has 0 fully saturated rings. The van der Waals surface area contributed by atoms with Crippen molar-refractivity contribution in [3.63, 3.8) is 0 Å². The van der Waals surface area contributed by atoms with Gasteiger partial charge < -0.3 is 0 Å². The van der Waals surface area contributed by atoms with Gasteiger partial charge >= 0.3 is 0 Å². The number of pyridine rings is 1. The molecule has 0 aliphatic heterocycles. The second kappa shape index (κ2) is 3.52. The van der Waals surface area contributed by atoms with Gasteiger partial charge in [-0.15, -0.1) is 0 Å². The van der Waals surface area contributed by atoms with Crippen LogP contribution in [0, 0.1) is 5.92 Å². The standard InChI is InChI=1S/C12H15NO/c1-8(2)11-7-10(14)6-9-4-3-5-13-12(9)11/h3-5,8,11H,6-7H2,1-2H3. The van der Waals surface area contributed by atoms with Gasteiger partial charge in [0.15, 0.2) is 0 Å². The van der Waals surface area contributed by atoms with Gasteiger partial charge in [0.05, 0.1) is 0 Å². The van der Waals surface area contributed by atoms with Crippen LogP contribution in [0.2, 0.25) is 0 Å². The maximum atomic E-state index is 11.5. The fourth-order valence-electron chi connectivity index (χ4n) is 2.11. The lowest BCUT2D eigenvalue weighted by molar-refractivity contribution is -0.119. The molecule has 2 rings (SSSR count). The molecular weight excluding hydrogens is 174 g/mol. The van der Waals surface area contributed by atoms with E-state index in [1.807, 2.05) is 18.3 Å². The van der Waals surface area contributed by atoms with Crippen molar-refractivity contribution in [2.75, 3.05) is 0 Å². The predicted molar refractivity (Wildman–Crippen MR) is 55.1 cm³/mol. The minimum absolute atomic E-state index is 0.326. The number of hydrogen-bond donors (Lipinski definition) is 0. The van der Waals surface area contributed by atoms with Crippen molar-refractivity contribution in [3.8, 4) is 0 Å². The molecule has 1 aromatic rings. The van der Waals surface area contributed by atoms with Crippen LogP contribution in [0.4, 0.5) is 0 Å². The molecule has 1 unspecified atom stereocenters. The zero-order valence-electron chi connectivity index (χ0n) is 8.66. The Morgan fingerprint density at radius 1 is 1.50 bits per heavy atom. The largest absolute Gasteiger partial charge is 0.299 e. The zero-order chi connectivity index (χ0) is 10.1. The van der Waals surface area contributed by atoms with Crippen molar-refractivity contribution in [2.24, 2.45) is 5.92 Å². The van der Waals surface area contributed by atoms with Crippen LogP contribution >= 0.6 is 0 Å². The highest BCUT2D eigenvalue weighted by Gasteiger charge is 2.28. The number of Topliss-reactive ketones (excluding diaryl/α,β-unsaturated/α-hetero) is 1. The highest BCUT2D eigenvalue weighted by atomic mass is 16.1. The Morgan fingerprint density at radius 3 is 3.00 bits per heavy atom. The van der Waals surface area contributed by atoms with Crippen LogP contribution in [0.25, 0.3) is 0 Å². The molecule has 0 saturated heterocycles. The number of ketones is 1. The van der Waals surface area contributed by atoms with Crippen LogP contribution in [0.15, 0.2) is 18.3 Å². The van der Waals surface area contributed by atoms with E-state index in [9.17, 15) is 4.79 Å². The molecule has 1 aliphatic carbocycles. The molecule has 2 heteroatoms. The Bertz CT molecular complexity index is 357. The third-order valence-corrected chi connectivity index (χ3v) is 2.92. The molecular formula is C12H15NO. The van der Waals surface area contributed by atoms with Gasteiger partial charge in [0.25, 0.3) is 0 Å². The highest BCUT2D eigenvalue weighted by Crippen LogP contribution is 2.33. The van der Waals surface area contributed by atoms with Crippen molar-refractivity contribution in [1.82, 2.24) is 4.98 Å². The van der Waals surface area contributed by atoms with Crippen molar-refractivity contribution in [1.29, 1.82) is 0 Å². The second-order valence-electron chi connectivity index (χ2n) is 4.32. The number of fused-ring (bicyclic) bond motifs is 1. The van der Waals surface area contributed by atoms with Crippen LogP contribution in [0.3, 0.4) is 0 Å². The highest BCUT2D eigenvalue weighted by molar-refractivity contribution is 5.83. The summed E-state index contributed by atoms with van der Waals surface area (Å²) in [6.07, 6.45) is 3.07. The van der Waals surface area contributed by atoms with Gasteiger partial charge in [-0.2, -0.15) is 0 Å². The first-order chi connectivity index (χ1) is 6.68. The monoisotopic (exact) mass is 189 g/mol. The lowest BCUT2D eigenvalue weighted by Crippen LogP contribution is -2.22. The number of aromatic nitrogens is 1. The SMILES string of the molecule is CC(C)C1CC(=O)Cc2cccnc21. The fraction of sp³-hybridized carbons (Fsp3) is 0.500. The van der Waals surface area contributed by atoms with Crippen LogP contribution < -0.4 is 0 Å². The van der Waals surface area contributed by atoms with Gasteiger partial charge in [0.1, 0.15) is 5.78 Å². The van der Waals surface area contributed by atoms with Crippen LogP contribution in [-0.4, -0.2) is 10.8 Å². The van der Waals surface area contributed by atoms with Crippen molar-refractivity contribution in [2.45, 2.75) is 32.6 Å². The van der Waals surface area contributed by atoms with E-state index in [0.717, 1.165) is 11.3 Å². The fourth-order valence-corrected chi connectivity index (χ4v) is 2.11. The summed E-state index contributed by atoms with van der Waals surface area (Å²) in [6.45, 7) is 4.31. The quantitative estimate of drug-likeness (QED) is 0.678. The van der Waals surface area contributed by atoms with E-state index in [1.165, 1.54) is 0 Å². The van der Waals surface area contributed by atoms with E-state index in [4.69, 9.17) is 0 Å². The number of nitrogens with zero attached hydrogens (tertiary/aromatic N) is 1. The van der Waals surface area contributed by atoms with Gasteiger partial charge in [-0.3, -0.25) is 9.78 Å². The minimum Gasteiger partial charge on any atom is -0.299 e. The normalized spacial score (nSPS) is 21.1. The average Bonchev–Trinajstić information content (AvgIpc) is 2.16. The van der Waals surface area contributed by atoms with E-state index in [-0.39, 0.29) is 0 Å². The summed E-state index contributed by atoms with van der Waals surface area (Å²) in [5.74, 6) is 1.17. The molecule has 74 valence electrons. The van der Waals surface area contributed by atoms with Gasteiger partial charge in [0, 0.05) is 30.7 Å². The summed E-state index contributed by atoms with van der Waals surface area (Å²) in [6, 6.07) is 3.93. The Hall–Kier alpha value is -1.18. The second-order valence-corrected chi connectivity index (χ2v) is 4.32. The molecule has 0 radical (unpaired) electrons. The minimum atomic E-state index is 0.326. The molecule has 0 bridgehead atoms. The van der Waals surface area contributed by atoms with E-state index >= 15 is 0 Å². The van der Waals surface area contributed by atoms with Gasteiger partial charge in [-0.1, -0.05) is 19.9 Å². The molecule has 1 heterocycles. The molecule has 14 heavy (non-hydrogen) atoms. The first-order valence-corrected chi connectivity index (χ1v) is 5.14. The van der Waals surface area contributed by atoms with E-state index in [0.29, 0.717) is 30.5 Å². The number of hydrogen-bond acceptors (Lipinski definition) is 2. The molecule has 0 aromatic carbocycles. The Balaban J connectivity index is 2.43. The van der Waals surface area contributed by atoms with Crippen molar-refractivity contribution >= 4 is 5.78 Å². The third kappa shape index (κ3) is 1.57. The first-order valence-electron chi connectivity index (χ1n) is 5.14. The van der Waals surface area contributed by atoms with Crippen molar-refractivity contribution < 1.29 is 4.79 Å². The maximum Gasteiger partial charge on any atom is 0.138 e. The molecule has 1 aromatic heterocycles.